The Morgan fingerprint density at radius 1 is 1.13 bits per heavy atom. The van der Waals surface area contributed by atoms with E-state index in [0.29, 0.717) is 6.61 Å². The number of hydrogen-bond donors (Lipinski definition) is 1. The van der Waals surface area contributed by atoms with E-state index in [0.717, 1.165) is 60.6 Å². The number of fused-ring (bicyclic) bond motifs is 1. The number of rotatable bonds is 10. The molecule has 1 aromatic heterocycles. The number of methoxy groups -OCH3 is 1. The molecule has 1 saturated carbocycles. The Bertz CT molecular complexity index is 993. The number of amides is 1. The van der Waals surface area contributed by atoms with Crippen LogP contribution in [0.3, 0.4) is 0 Å². The second kappa shape index (κ2) is 9.20. The highest BCUT2D eigenvalue weighted by Crippen LogP contribution is 2.30. The molecule has 4 rings (SSSR count). The first kappa shape index (κ1) is 20.3. The van der Waals surface area contributed by atoms with E-state index in [1.807, 2.05) is 49.4 Å². The largest absolute Gasteiger partial charge is 0.497 e. The molecule has 0 aliphatic heterocycles. The predicted octanol–water partition coefficient (Wildman–Crippen LogP) is 4.49. The lowest BCUT2D eigenvalue weighted by Crippen LogP contribution is -2.29. The summed E-state index contributed by atoms with van der Waals surface area (Å²) in [4.78, 5) is 17.0. The van der Waals surface area contributed by atoms with Gasteiger partial charge in [-0.25, -0.2) is 4.98 Å². The minimum absolute atomic E-state index is 0.110. The number of carbonyl (C=O) groups is 1. The second-order valence-corrected chi connectivity index (χ2v) is 7.85. The number of imidazole rings is 1. The molecule has 0 bridgehead atoms. The summed E-state index contributed by atoms with van der Waals surface area (Å²) in [7, 11) is 1.65. The van der Waals surface area contributed by atoms with Crippen LogP contribution in [-0.2, 0) is 11.3 Å². The monoisotopic (exact) mass is 407 g/mol. The van der Waals surface area contributed by atoms with Gasteiger partial charge in [0.05, 0.1) is 30.8 Å². The first-order chi connectivity index (χ1) is 14.7. The van der Waals surface area contributed by atoms with Crippen molar-refractivity contribution in [2.45, 2.75) is 45.2 Å². The third-order valence-corrected chi connectivity index (χ3v) is 5.48. The highest BCUT2D eigenvalue weighted by Gasteiger charge is 2.31. The van der Waals surface area contributed by atoms with Gasteiger partial charge in [0.1, 0.15) is 17.3 Å². The first-order valence-electron chi connectivity index (χ1n) is 10.7. The van der Waals surface area contributed by atoms with Crippen molar-refractivity contribution in [2.24, 2.45) is 5.92 Å². The summed E-state index contributed by atoms with van der Waals surface area (Å²) in [6.07, 6.45) is 3.90. The van der Waals surface area contributed by atoms with E-state index in [4.69, 9.17) is 14.5 Å². The van der Waals surface area contributed by atoms with Crippen LogP contribution in [0, 0.1) is 5.92 Å². The third-order valence-electron chi connectivity index (χ3n) is 5.48. The third kappa shape index (κ3) is 4.75. The molecule has 0 spiro atoms. The number of nitrogens with one attached hydrogen (secondary N) is 1. The molecule has 1 aliphatic carbocycles. The van der Waals surface area contributed by atoms with Crippen LogP contribution in [0.25, 0.3) is 11.0 Å². The summed E-state index contributed by atoms with van der Waals surface area (Å²) in [5.41, 5.74) is 2.07. The van der Waals surface area contributed by atoms with E-state index in [9.17, 15) is 4.79 Å². The summed E-state index contributed by atoms with van der Waals surface area (Å²) in [6, 6.07) is 15.7. The minimum Gasteiger partial charge on any atom is -0.497 e. The number of hydrogen-bond acceptors (Lipinski definition) is 4. The first-order valence-corrected chi connectivity index (χ1v) is 10.7. The number of nitrogens with zero attached hydrogens (tertiary/aromatic N) is 2. The number of benzene rings is 2. The standard InChI is InChI=1S/C24H29N3O3/c1-17(25-24(28)18-9-10-18)23-26-21-7-3-4-8-22(21)27(23)15-5-6-16-30-20-13-11-19(29-2)12-14-20/h3-4,7-8,11-14,17-18H,5-6,9-10,15-16H2,1-2H3,(H,25,28). The van der Waals surface area contributed by atoms with Crippen molar-refractivity contribution in [3.63, 3.8) is 0 Å². The summed E-state index contributed by atoms with van der Waals surface area (Å²) < 4.78 is 13.2. The normalized spacial score (nSPS) is 14.5. The van der Waals surface area contributed by atoms with Crippen molar-refractivity contribution < 1.29 is 14.3 Å². The zero-order valence-corrected chi connectivity index (χ0v) is 17.6. The minimum atomic E-state index is -0.110. The molecule has 3 aromatic rings. The molecule has 1 unspecified atom stereocenters. The highest BCUT2D eigenvalue weighted by molar-refractivity contribution is 5.81. The number of ether oxygens (including phenoxy) is 2. The van der Waals surface area contributed by atoms with E-state index in [2.05, 4.69) is 16.0 Å². The maximum Gasteiger partial charge on any atom is 0.223 e. The molecule has 1 aliphatic rings. The van der Waals surface area contributed by atoms with Gasteiger partial charge in [0.15, 0.2) is 0 Å². The smallest absolute Gasteiger partial charge is 0.223 e. The predicted molar refractivity (Wildman–Crippen MR) is 117 cm³/mol. The Balaban J connectivity index is 1.36. The van der Waals surface area contributed by atoms with Gasteiger partial charge in [-0.1, -0.05) is 12.1 Å². The molecule has 0 radical (unpaired) electrons. The fourth-order valence-corrected chi connectivity index (χ4v) is 3.63. The Kier molecular flexibility index (Phi) is 6.21. The zero-order valence-electron chi connectivity index (χ0n) is 17.6. The molecule has 1 heterocycles. The van der Waals surface area contributed by atoms with Gasteiger partial charge in [-0.15, -0.1) is 0 Å². The van der Waals surface area contributed by atoms with E-state index in [-0.39, 0.29) is 17.9 Å². The van der Waals surface area contributed by atoms with Gasteiger partial charge < -0.3 is 19.4 Å². The number of aromatic nitrogens is 2. The van der Waals surface area contributed by atoms with Gasteiger partial charge in [-0.3, -0.25) is 4.79 Å². The Morgan fingerprint density at radius 2 is 1.87 bits per heavy atom. The lowest BCUT2D eigenvalue weighted by Gasteiger charge is -2.16. The van der Waals surface area contributed by atoms with Crippen LogP contribution >= 0.6 is 0 Å². The molecule has 1 fully saturated rings. The van der Waals surface area contributed by atoms with Crippen LogP contribution in [0.1, 0.15) is 44.5 Å². The molecule has 30 heavy (non-hydrogen) atoms. The number of unbranched alkanes of at least 4 members (excludes halogenated alkanes) is 1. The molecule has 0 saturated heterocycles. The van der Waals surface area contributed by atoms with E-state index in [1.54, 1.807) is 7.11 Å². The summed E-state index contributed by atoms with van der Waals surface area (Å²) in [6.45, 7) is 3.51. The number of carbonyl (C=O) groups excluding carboxylic acids is 1. The lowest BCUT2D eigenvalue weighted by molar-refractivity contribution is -0.123. The van der Waals surface area contributed by atoms with Crippen LogP contribution in [0.5, 0.6) is 11.5 Å². The fraction of sp³-hybridized carbons (Fsp3) is 0.417. The maximum atomic E-state index is 12.2. The van der Waals surface area contributed by atoms with Gasteiger partial charge in [0.25, 0.3) is 0 Å². The Labute approximate surface area is 177 Å². The van der Waals surface area contributed by atoms with Crippen LogP contribution in [0.15, 0.2) is 48.5 Å². The summed E-state index contributed by atoms with van der Waals surface area (Å²) in [5.74, 6) is 2.93. The Morgan fingerprint density at radius 3 is 2.60 bits per heavy atom. The molecular formula is C24H29N3O3. The van der Waals surface area contributed by atoms with Gasteiger partial charge in [-0.2, -0.15) is 0 Å². The van der Waals surface area contributed by atoms with Crippen LogP contribution in [-0.4, -0.2) is 29.2 Å². The molecule has 158 valence electrons. The molecular weight excluding hydrogens is 378 g/mol. The molecule has 2 aromatic carbocycles. The quantitative estimate of drug-likeness (QED) is 0.503. The molecule has 6 nitrogen and oxygen atoms in total. The van der Waals surface area contributed by atoms with Crippen molar-refractivity contribution in [1.82, 2.24) is 14.9 Å². The van der Waals surface area contributed by atoms with E-state index < -0.39 is 0 Å². The van der Waals surface area contributed by atoms with Crippen molar-refractivity contribution in [3.8, 4) is 11.5 Å². The van der Waals surface area contributed by atoms with Crippen molar-refractivity contribution in [3.05, 3.63) is 54.4 Å². The van der Waals surface area contributed by atoms with E-state index in [1.165, 1.54) is 0 Å². The molecule has 1 N–H and O–H groups in total. The Hall–Kier alpha value is -3.02. The average molecular weight is 408 g/mol. The van der Waals surface area contributed by atoms with Crippen molar-refractivity contribution in [1.29, 1.82) is 0 Å². The van der Waals surface area contributed by atoms with Crippen molar-refractivity contribution in [2.75, 3.05) is 13.7 Å². The lowest BCUT2D eigenvalue weighted by atomic mass is 10.2. The molecule has 6 heteroatoms. The van der Waals surface area contributed by atoms with Gasteiger partial charge in [-0.05, 0) is 69.0 Å². The number of aryl methyl sites for hydroxylation is 1. The van der Waals surface area contributed by atoms with E-state index >= 15 is 0 Å². The van der Waals surface area contributed by atoms with Gasteiger partial charge >= 0.3 is 0 Å². The topological polar surface area (TPSA) is 65.4 Å². The van der Waals surface area contributed by atoms with Crippen LogP contribution < -0.4 is 14.8 Å². The molecule has 1 amide bonds. The average Bonchev–Trinajstić information content (AvgIpc) is 3.56. The van der Waals surface area contributed by atoms with Crippen molar-refractivity contribution >= 4 is 16.9 Å². The fourth-order valence-electron chi connectivity index (χ4n) is 3.63. The van der Waals surface area contributed by atoms with Crippen LogP contribution in [0.4, 0.5) is 0 Å². The molecule has 1 atom stereocenters. The SMILES string of the molecule is COc1ccc(OCCCCn2c(C(C)NC(=O)C3CC3)nc3ccccc32)cc1. The maximum absolute atomic E-state index is 12.2. The number of para-hydroxylation sites is 2. The van der Waals surface area contributed by atoms with Gasteiger partial charge in [0.2, 0.25) is 5.91 Å². The summed E-state index contributed by atoms with van der Waals surface area (Å²) in [5, 5.41) is 3.13. The van der Waals surface area contributed by atoms with Crippen LogP contribution in [0.2, 0.25) is 0 Å². The zero-order chi connectivity index (χ0) is 20.9. The second-order valence-electron chi connectivity index (χ2n) is 7.85. The van der Waals surface area contributed by atoms with Gasteiger partial charge in [0, 0.05) is 12.5 Å². The highest BCUT2D eigenvalue weighted by atomic mass is 16.5. The summed E-state index contributed by atoms with van der Waals surface area (Å²) >= 11 is 0.